The summed E-state index contributed by atoms with van der Waals surface area (Å²) in [5, 5.41) is 11.1. The second-order valence-electron chi connectivity index (χ2n) is 6.74. The van der Waals surface area contributed by atoms with E-state index >= 15 is 0 Å². The molecule has 0 atom stereocenters. The third-order valence-corrected chi connectivity index (χ3v) is 4.46. The Kier molecular flexibility index (Phi) is 12.8. The van der Waals surface area contributed by atoms with Crippen LogP contribution in [0.4, 0.5) is 8.78 Å². The summed E-state index contributed by atoms with van der Waals surface area (Å²) >= 11 is 6.00. The van der Waals surface area contributed by atoms with Crippen molar-refractivity contribution in [1.29, 1.82) is 0 Å². The summed E-state index contributed by atoms with van der Waals surface area (Å²) in [7, 11) is 1.90. The first kappa shape index (κ1) is 27.2. The lowest BCUT2D eigenvalue weighted by atomic mass is 10.0. The fourth-order valence-electron chi connectivity index (χ4n) is 2.71. The number of nitrogens with one attached hydrogen (secondary N) is 1. The summed E-state index contributed by atoms with van der Waals surface area (Å²) < 4.78 is 30.5. The molecular weight excluding hydrogens is 436 g/mol. The van der Waals surface area contributed by atoms with E-state index in [1.165, 1.54) is 11.6 Å². The van der Waals surface area contributed by atoms with Gasteiger partial charge in [0.05, 0.1) is 6.61 Å². The highest BCUT2D eigenvalue weighted by molar-refractivity contribution is 6.30. The Hall–Kier alpha value is -2.80. The number of halogens is 3. The fraction of sp³-hybridized carbons (Fsp3) is 0.240. The van der Waals surface area contributed by atoms with Crippen molar-refractivity contribution in [3.63, 3.8) is 0 Å². The van der Waals surface area contributed by atoms with Crippen molar-refractivity contribution in [2.24, 2.45) is 0 Å². The van der Waals surface area contributed by atoms with Crippen molar-refractivity contribution in [3.05, 3.63) is 100 Å². The molecule has 2 aromatic carbocycles. The second-order valence-corrected chi connectivity index (χ2v) is 7.18. The van der Waals surface area contributed by atoms with Crippen LogP contribution in [0.5, 0.6) is 0 Å². The molecule has 0 unspecified atom stereocenters. The summed E-state index contributed by atoms with van der Waals surface area (Å²) in [6, 6.07) is 15.2. The molecule has 0 spiro atoms. The molecule has 0 aliphatic carbocycles. The van der Waals surface area contributed by atoms with Gasteiger partial charge in [-0.1, -0.05) is 66.2 Å². The smallest absolute Gasteiger partial charge is 0.387 e. The number of aldehydes is 1. The standard InChI is InChI=1S/C23H24ClF2NO.C2H4O2/c1-16(13-18-8-10-19(11-9-18)15-27-3)7-12-22(28-23(25)26)17(2)20-5-4-6-21(24)14-20;3-1-2-4/h4-12,14,23,27H,1,13,15H2,2-3H3;1,4H,2H2/b12-7-,22-17-;. The highest BCUT2D eigenvalue weighted by atomic mass is 35.5. The van der Waals surface area contributed by atoms with E-state index in [2.05, 4.69) is 24.0 Å². The van der Waals surface area contributed by atoms with Crippen LogP contribution in [0.15, 0.2) is 78.6 Å². The number of ether oxygens (including phenoxy) is 1. The number of alkyl halides is 2. The third-order valence-electron chi connectivity index (χ3n) is 4.22. The number of carbonyl (C=O) groups is 1. The minimum Gasteiger partial charge on any atom is -0.435 e. The van der Waals surface area contributed by atoms with Crippen molar-refractivity contribution >= 4 is 23.5 Å². The lowest BCUT2D eigenvalue weighted by Gasteiger charge is -2.11. The van der Waals surface area contributed by atoms with Gasteiger partial charge in [0.25, 0.3) is 0 Å². The zero-order valence-electron chi connectivity index (χ0n) is 18.2. The van der Waals surface area contributed by atoms with Crippen LogP contribution < -0.4 is 5.32 Å². The van der Waals surface area contributed by atoms with Gasteiger partial charge in [0, 0.05) is 11.6 Å². The van der Waals surface area contributed by atoms with E-state index in [0.717, 1.165) is 23.2 Å². The van der Waals surface area contributed by atoms with Crippen LogP contribution in [-0.4, -0.2) is 31.7 Å². The quantitative estimate of drug-likeness (QED) is 0.275. The van der Waals surface area contributed by atoms with E-state index in [-0.39, 0.29) is 12.4 Å². The molecule has 4 nitrogen and oxygen atoms in total. The summed E-state index contributed by atoms with van der Waals surface area (Å²) in [6.45, 7) is 3.27. The number of carbonyl (C=O) groups excluding carboxylic acids is 1. The highest BCUT2D eigenvalue weighted by Gasteiger charge is 2.10. The SMILES string of the molecule is C=C(/C=C\C(OC(F)F)=C(/C)c1cccc(Cl)c1)Cc1ccc(CNC)cc1.O=CCO. The van der Waals surface area contributed by atoms with Gasteiger partial charge in [-0.2, -0.15) is 8.78 Å². The van der Waals surface area contributed by atoms with E-state index < -0.39 is 6.61 Å². The first-order valence-corrected chi connectivity index (χ1v) is 10.2. The predicted octanol–water partition coefficient (Wildman–Crippen LogP) is 5.56. The summed E-state index contributed by atoms with van der Waals surface area (Å²) in [5.74, 6) is 0.0859. The second kappa shape index (κ2) is 15.1. The van der Waals surface area contributed by atoms with Gasteiger partial charge in [-0.25, -0.2) is 0 Å². The number of benzene rings is 2. The molecule has 0 heterocycles. The first-order chi connectivity index (χ1) is 15.3. The minimum atomic E-state index is -2.92. The van der Waals surface area contributed by atoms with Crippen LogP contribution in [0.3, 0.4) is 0 Å². The van der Waals surface area contributed by atoms with E-state index in [0.29, 0.717) is 23.3 Å². The molecule has 0 saturated carbocycles. The number of rotatable bonds is 10. The third kappa shape index (κ3) is 10.5. The number of hydrogen-bond acceptors (Lipinski definition) is 4. The molecule has 0 fully saturated rings. The molecule has 2 rings (SSSR count). The average Bonchev–Trinajstić information content (AvgIpc) is 2.77. The van der Waals surface area contributed by atoms with Crippen LogP contribution in [0.1, 0.15) is 23.6 Å². The van der Waals surface area contributed by atoms with E-state index in [4.69, 9.17) is 26.2 Å². The Balaban J connectivity index is 0.00000118. The topological polar surface area (TPSA) is 58.6 Å². The number of allylic oxidation sites excluding steroid dienone is 4. The average molecular weight is 464 g/mol. The van der Waals surface area contributed by atoms with Crippen molar-refractivity contribution in [3.8, 4) is 0 Å². The summed E-state index contributed by atoms with van der Waals surface area (Å²) in [6.07, 6.45) is 4.28. The van der Waals surface area contributed by atoms with Crippen LogP contribution in [0.2, 0.25) is 5.02 Å². The maximum atomic E-state index is 12.9. The monoisotopic (exact) mass is 463 g/mol. The number of aliphatic hydroxyl groups is 1. The van der Waals surface area contributed by atoms with Crippen LogP contribution in [0.25, 0.3) is 5.57 Å². The van der Waals surface area contributed by atoms with Gasteiger partial charge in [0.1, 0.15) is 12.0 Å². The first-order valence-electron chi connectivity index (χ1n) is 9.85. The van der Waals surface area contributed by atoms with E-state index in [1.54, 1.807) is 37.3 Å². The molecule has 7 heteroatoms. The minimum absolute atomic E-state index is 0.0859. The lowest BCUT2D eigenvalue weighted by molar-refractivity contribution is -0.110. The Morgan fingerprint density at radius 2 is 1.81 bits per heavy atom. The largest absolute Gasteiger partial charge is 0.435 e. The van der Waals surface area contributed by atoms with Crippen molar-refractivity contribution in [2.45, 2.75) is 26.5 Å². The van der Waals surface area contributed by atoms with Gasteiger partial charge in [0.2, 0.25) is 0 Å². The van der Waals surface area contributed by atoms with Crippen LogP contribution >= 0.6 is 11.6 Å². The molecule has 0 aliphatic rings. The van der Waals surface area contributed by atoms with Gasteiger partial charge in [-0.05, 0) is 60.9 Å². The molecule has 0 aliphatic heterocycles. The van der Waals surface area contributed by atoms with Crippen molar-refractivity contribution in [1.82, 2.24) is 5.32 Å². The van der Waals surface area contributed by atoms with Gasteiger partial charge in [-0.15, -0.1) is 0 Å². The van der Waals surface area contributed by atoms with E-state index in [1.807, 2.05) is 19.2 Å². The molecular formula is C25H28ClF2NO3. The van der Waals surface area contributed by atoms with Gasteiger partial charge in [0.15, 0.2) is 0 Å². The maximum Gasteiger partial charge on any atom is 0.387 e. The lowest BCUT2D eigenvalue weighted by Crippen LogP contribution is -2.04. The molecule has 0 aromatic heterocycles. The zero-order valence-corrected chi connectivity index (χ0v) is 18.9. The van der Waals surface area contributed by atoms with Crippen molar-refractivity contribution in [2.75, 3.05) is 13.7 Å². The molecule has 2 aromatic rings. The van der Waals surface area contributed by atoms with Crippen molar-refractivity contribution < 1.29 is 23.4 Å². The van der Waals surface area contributed by atoms with Crippen LogP contribution in [0, 0.1) is 0 Å². The zero-order chi connectivity index (χ0) is 23.9. The number of hydrogen-bond donors (Lipinski definition) is 2. The molecule has 32 heavy (non-hydrogen) atoms. The Labute approximate surface area is 192 Å². The Morgan fingerprint density at radius 1 is 1.19 bits per heavy atom. The van der Waals surface area contributed by atoms with E-state index in [9.17, 15) is 8.78 Å². The molecule has 0 saturated heterocycles. The Bertz CT molecular complexity index is 925. The Morgan fingerprint density at radius 3 is 2.34 bits per heavy atom. The summed E-state index contributed by atoms with van der Waals surface area (Å²) in [5.41, 5.74) is 4.37. The molecule has 2 N–H and O–H groups in total. The fourth-order valence-corrected chi connectivity index (χ4v) is 2.90. The number of aliphatic hydroxyl groups excluding tert-OH is 1. The maximum absolute atomic E-state index is 12.9. The van der Waals surface area contributed by atoms with Gasteiger partial charge >= 0.3 is 6.61 Å². The summed E-state index contributed by atoms with van der Waals surface area (Å²) in [4.78, 5) is 8.92. The molecule has 0 radical (unpaired) electrons. The highest BCUT2D eigenvalue weighted by Crippen LogP contribution is 2.25. The van der Waals surface area contributed by atoms with Crippen LogP contribution in [-0.2, 0) is 22.5 Å². The van der Waals surface area contributed by atoms with Gasteiger partial charge in [-0.3, -0.25) is 0 Å². The molecule has 0 amide bonds. The molecule has 0 bridgehead atoms. The normalized spacial score (nSPS) is 11.6. The molecule has 172 valence electrons. The predicted molar refractivity (Wildman–Crippen MR) is 125 cm³/mol. The van der Waals surface area contributed by atoms with Gasteiger partial charge < -0.3 is 20.0 Å².